The summed E-state index contributed by atoms with van der Waals surface area (Å²) in [5.74, 6) is 1.33. The summed E-state index contributed by atoms with van der Waals surface area (Å²) in [7, 11) is 0. The molecule has 0 saturated heterocycles. The van der Waals surface area contributed by atoms with Crippen LogP contribution in [0, 0.1) is 0 Å². The molecule has 0 aliphatic carbocycles. The number of phenols is 2. The van der Waals surface area contributed by atoms with Gasteiger partial charge in [0.25, 0.3) is 0 Å². The molecule has 0 spiro atoms. The van der Waals surface area contributed by atoms with Crippen molar-refractivity contribution in [2.24, 2.45) is 9.98 Å². The molecule has 0 bridgehead atoms. The van der Waals surface area contributed by atoms with Gasteiger partial charge in [-0.1, -0.05) is 149 Å². The number of rotatable bonds is 8. The van der Waals surface area contributed by atoms with E-state index in [4.69, 9.17) is 3.40 Å². The molecule has 0 fully saturated rings. The van der Waals surface area contributed by atoms with Crippen LogP contribution in [0.25, 0.3) is 22.3 Å². The van der Waals surface area contributed by atoms with Gasteiger partial charge < -0.3 is 10.2 Å². The number of benzene rings is 6. The fourth-order valence-corrected chi connectivity index (χ4v) is 5.50. The Morgan fingerprint density at radius 2 is 0.774 bits per heavy atom. The summed E-state index contributed by atoms with van der Waals surface area (Å²) in [6, 6.07) is 47.5. The molecule has 0 atom stereocenters. The van der Waals surface area contributed by atoms with Gasteiger partial charge in [-0.05, 0) is 58.4 Å². The van der Waals surface area contributed by atoms with Crippen LogP contribution in [0.4, 0.5) is 11.4 Å². The van der Waals surface area contributed by atoms with E-state index in [2.05, 4.69) is 49.8 Å². The van der Waals surface area contributed by atoms with E-state index in [-0.39, 0.29) is 48.7 Å². The van der Waals surface area contributed by atoms with Gasteiger partial charge in [0.2, 0.25) is 0 Å². The van der Waals surface area contributed by atoms with Crippen molar-refractivity contribution in [3.63, 3.8) is 0 Å². The third-order valence-corrected chi connectivity index (χ3v) is 8.11. The first kappa shape index (κ1) is 46.6. The first-order valence-electron chi connectivity index (χ1n) is 16.5. The second kappa shape index (κ2) is 24.0. The molecule has 53 heavy (non-hydrogen) atoms. The summed E-state index contributed by atoms with van der Waals surface area (Å²) < 4.78 is 8.33. The SMILES string of the molecule is CC(C)c1ccccc1N=Cc1cccc(-c2ccccc2)c1O.CC(C)c1ccccc1N=Cc1cccc(-c2ccccc2)c1O.Cl.Cl.Cl.[O]=[W]. The van der Waals surface area contributed by atoms with E-state index in [9.17, 15) is 10.2 Å². The van der Waals surface area contributed by atoms with Gasteiger partial charge in [-0.25, -0.2) is 0 Å². The zero-order valence-corrected chi connectivity index (χ0v) is 35.4. The first-order valence-corrected chi connectivity index (χ1v) is 17.7. The number of para-hydroxylation sites is 4. The molecule has 0 unspecified atom stereocenters. The van der Waals surface area contributed by atoms with Crippen LogP contribution in [0.15, 0.2) is 156 Å². The Morgan fingerprint density at radius 3 is 1.11 bits per heavy atom. The topological polar surface area (TPSA) is 82.2 Å². The van der Waals surface area contributed by atoms with E-state index in [1.54, 1.807) is 12.4 Å². The molecule has 6 aromatic rings. The van der Waals surface area contributed by atoms with E-state index in [0.717, 1.165) is 44.8 Å². The summed E-state index contributed by atoms with van der Waals surface area (Å²) >= 11 is 0.333. The molecular weight excluding hydrogens is 895 g/mol. The summed E-state index contributed by atoms with van der Waals surface area (Å²) in [4.78, 5) is 9.22. The maximum atomic E-state index is 10.6. The van der Waals surface area contributed by atoms with Crippen molar-refractivity contribution in [2.75, 3.05) is 0 Å². The standard InChI is InChI=1S/2C22H21NO.3ClH.O.W/c2*1-16(2)19-12-6-7-14-21(19)23-15-18-11-8-13-20(22(18)24)17-9-4-3-5-10-17;;;;;/h2*3-16,24H,1-2H3;3*1H;;. The predicted molar refractivity (Wildman–Crippen MR) is 225 cm³/mol. The zero-order chi connectivity index (χ0) is 35.9. The Bertz CT molecular complexity index is 1890. The number of hydrogen-bond acceptors (Lipinski definition) is 5. The molecule has 0 radical (unpaired) electrons. The van der Waals surface area contributed by atoms with Crippen molar-refractivity contribution in [3.05, 3.63) is 168 Å². The van der Waals surface area contributed by atoms with Gasteiger partial charge in [0, 0.05) is 34.7 Å². The van der Waals surface area contributed by atoms with Crippen LogP contribution < -0.4 is 0 Å². The van der Waals surface area contributed by atoms with Crippen molar-refractivity contribution >= 4 is 61.0 Å². The number of hydrogen-bond donors (Lipinski definition) is 2. The molecule has 9 heteroatoms. The maximum absolute atomic E-state index is 10.6. The average Bonchev–Trinajstić information content (AvgIpc) is 3.16. The first-order chi connectivity index (χ1) is 24.3. The van der Waals surface area contributed by atoms with Crippen molar-refractivity contribution in [1.82, 2.24) is 0 Å². The number of halogens is 3. The van der Waals surface area contributed by atoms with E-state index in [0.29, 0.717) is 31.6 Å². The minimum atomic E-state index is 0. The van der Waals surface area contributed by atoms with Crippen molar-refractivity contribution in [2.45, 2.75) is 39.5 Å². The molecule has 0 aromatic heterocycles. The minimum absolute atomic E-state index is 0. The fraction of sp³-hybridized carbons (Fsp3) is 0.136. The number of aromatic hydroxyl groups is 2. The van der Waals surface area contributed by atoms with Crippen LogP contribution in [0.3, 0.4) is 0 Å². The normalized spacial score (nSPS) is 10.3. The third-order valence-electron chi connectivity index (χ3n) is 8.11. The molecule has 2 N–H and O–H groups in total. The van der Waals surface area contributed by atoms with Crippen molar-refractivity contribution in [3.8, 4) is 33.8 Å². The second-order valence-corrected chi connectivity index (χ2v) is 12.2. The summed E-state index contributed by atoms with van der Waals surface area (Å²) in [5, 5.41) is 21.2. The van der Waals surface area contributed by atoms with E-state index in [1.807, 2.05) is 133 Å². The summed E-state index contributed by atoms with van der Waals surface area (Å²) in [6.45, 7) is 8.62. The van der Waals surface area contributed by atoms with Gasteiger partial charge in [-0.15, -0.1) is 37.2 Å². The van der Waals surface area contributed by atoms with Gasteiger partial charge in [-0.3, -0.25) is 9.98 Å². The van der Waals surface area contributed by atoms with E-state index >= 15 is 0 Å². The van der Waals surface area contributed by atoms with Crippen molar-refractivity contribution in [1.29, 1.82) is 0 Å². The van der Waals surface area contributed by atoms with Gasteiger partial charge in [0.1, 0.15) is 11.5 Å². The third kappa shape index (κ3) is 12.9. The zero-order valence-electron chi connectivity index (χ0n) is 30.0. The Hall–Kier alpha value is -4.38. The van der Waals surface area contributed by atoms with Crippen LogP contribution in [0.5, 0.6) is 11.5 Å². The second-order valence-electron chi connectivity index (χ2n) is 12.2. The van der Waals surface area contributed by atoms with Gasteiger partial charge in [0.05, 0.1) is 11.4 Å². The number of aliphatic imine (C=N–C) groups is 2. The monoisotopic (exact) mass is 938 g/mol. The Labute approximate surface area is 343 Å². The fourth-order valence-electron chi connectivity index (χ4n) is 5.50. The van der Waals surface area contributed by atoms with Crippen LogP contribution in [-0.4, -0.2) is 22.6 Å². The predicted octanol–water partition coefficient (Wildman–Crippen LogP) is 13.0. The van der Waals surface area contributed by atoms with Gasteiger partial charge >= 0.3 is 23.2 Å². The van der Waals surface area contributed by atoms with Gasteiger partial charge in [0.15, 0.2) is 0 Å². The molecule has 5 nitrogen and oxygen atoms in total. The summed E-state index contributed by atoms with van der Waals surface area (Å²) in [5.41, 5.74) is 9.34. The molecule has 0 amide bonds. The van der Waals surface area contributed by atoms with Crippen LogP contribution >= 0.6 is 37.2 Å². The summed E-state index contributed by atoms with van der Waals surface area (Å²) in [6.07, 6.45) is 3.48. The molecule has 6 aromatic carbocycles. The Morgan fingerprint density at radius 1 is 0.453 bits per heavy atom. The van der Waals surface area contributed by atoms with Crippen molar-refractivity contribution < 1.29 is 33.4 Å². The molecule has 276 valence electrons. The van der Waals surface area contributed by atoms with Gasteiger partial charge in [-0.2, -0.15) is 0 Å². The molecule has 0 aliphatic rings. The molecular formula is C44H45Cl3N2O3W. The van der Waals surface area contributed by atoms with Crippen LogP contribution in [-0.2, 0) is 23.2 Å². The molecule has 0 heterocycles. The Balaban J connectivity index is 0.000000480. The molecule has 0 saturated carbocycles. The molecule has 0 aliphatic heterocycles. The quantitative estimate of drug-likeness (QED) is 0.149. The Kier molecular flexibility index (Phi) is 21.1. The average molecular weight is 940 g/mol. The number of phenolic OH excluding ortho intramolecular Hbond substituents is 2. The van der Waals surface area contributed by atoms with E-state index in [1.165, 1.54) is 11.1 Å². The number of nitrogens with zero attached hydrogens (tertiary/aromatic N) is 2. The van der Waals surface area contributed by atoms with Crippen LogP contribution in [0.1, 0.15) is 61.8 Å². The van der Waals surface area contributed by atoms with Crippen LogP contribution in [0.2, 0.25) is 0 Å². The molecule has 6 rings (SSSR count). The van der Waals surface area contributed by atoms with E-state index < -0.39 is 0 Å².